The largest absolute Gasteiger partial charge is 0.316 e. The lowest BCUT2D eigenvalue weighted by Crippen LogP contribution is -2.38. The van der Waals surface area contributed by atoms with Crippen LogP contribution in [0.1, 0.15) is 67.7 Å². The molecule has 0 atom stereocenters. The quantitative estimate of drug-likeness (QED) is 0.717. The summed E-state index contributed by atoms with van der Waals surface area (Å²) >= 11 is 0. The molecule has 0 bridgehead atoms. The fourth-order valence-electron chi connectivity index (χ4n) is 4.11. The number of hydrogen-bond acceptors (Lipinski definition) is 1. The second kappa shape index (κ2) is 7.45. The molecule has 21 heavy (non-hydrogen) atoms. The predicted octanol–water partition coefficient (Wildman–Crippen LogP) is 5.10. The third-order valence-corrected chi connectivity index (χ3v) is 5.23. The van der Waals surface area contributed by atoms with Gasteiger partial charge in [0.15, 0.2) is 0 Å². The summed E-state index contributed by atoms with van der Waals surface area (Å²) < 4.78 is 0. The molecule has 118 valence electrons. The van der Waals surface area contributed by atoms with Crippen LogP contribution in [0, 0.1) is 26.2 Å². The van der Waals surface area contributed by atoms with Crippen molar-refractivity contribution in [2.45, 2.75) is 72.6 Å². The zero-order valence-electron chi connectivity index (χ0n) is 14.5. The zero-order chi connectivity index (χ0) is 15.3. The highest BCUT2D eigenvalue weighted by molar-refractivity contribution is 5.38. The van der Waals surface area contributed by atoms with Gasteiger partial charge in [-0.05, 0) is 75.1 Å². The highest BCUT2D eigenvalue weighted by Crippen LogP contribution is 2.40. The van der Waals surface area contributed by atoms with Crippen LogP contribution in [-0.2, 0) is 6.42 Å². The van der Waals surface area contributed by atoms with Gasteiger partial charge in [0, 0.05) is 6.54 Å². The smallest absolute Gasteiger partial charge is 0.00110 e. The summed E-state index contributed by atoms with van der Waals surface area (Å²) in [6.07, 6.45) is 9.56. The zero-order valence-corrected chi connectivity index (χ0v) is 14.5. The Morgan fingerprint density at radius 1 is 1.00 bits per heavy atom. The summed E-state index contributed by atoms with van der Waals surface area (Å²) in [5.41, 5.74) is 6.50. The van der Waals surface area contributed by atoms with Gasteiger partial charge in [-0.15, -0.1) is 0 Å². The molecule has 2 rings (SSSR count). The van der Waals surface area contributed by atoms with Gasteiger partial charge in [-0.1, -0.05) is 43.9 Å². The van der Waals surface area contributed by atoms with Crippen LogP contribution in [0.4, 0.5) is 0 Å². The number of rotatable bonds is 6. The number of aryl methyl sites for hydroxylation is 3. The highest BCUT2D eigenvalue weighted by Gasteiger charge is 2.32. The molecule has 1 N–H and O–H groups in total. The second-order valence-electron chi connectivity index (χ2n) is 7.29. The Morgan fingerprint density at radius 2 is 1.62 bits per heavy atom. The van der Waals surface area contributed by atoms with Gasteiger partial charge in [-0.2, -0.15) is 0 Å². The van der Waals surface area contributed by atoms with Crippen molar-refractivity contribution in [1.29, 1.82) is 0 Å². The molecular formula is C20H33N. The van der Waals surface area contributed by atoms with E-state index in [4.69, 9.17) is 0 Å². The molecular weight excluding hydrogens is 254 g/mol. The van der Waals surface area contributed by atoms with E-state index in [-0.39, 0.29) is 0 Å². The van der Waals surface area contributed by atoms with Crippen molar-refractivity contribution in [2.75, 3.05) is 13.1 Å². The van der Waals surface area contributed by atoms with Gasteiger partial charge in [-0.25, -0.2) is 0 Å². The summed E-state index contributed by atoms with van der Waals surface area (Å²) in [4.78, 5) is 0. The van der Waals surface area contributed by atoms with Crippen molar-refractivity contribution in [3.63, 3.8) is 0 Å². The SMILES string of the molecule is CCCNCC1(Cc2c(C)cc(C)cc2C)CCCCC1. The summed E-state index contributed by atoms with van der Waals surface area (Å²) in [5, 5.41) is 3.72. The number of benzene rings is 1. The normalized spacial score (nSPS) is 17.9. The summed E-state index contributed by atoms with van der Waals surface area (Å²) in [5.74, 6) is 0. The van der Waals surface area contributed by atoms with Crippen LogP contribution >= 0.6 is 0 Å². The van der Waals surface area contributed by atoms with Crippen molar-refractivity contribution < 1.29 is 0 Å². The highest BCUT2D eigenvalue weighted by atomic mass is 14.9. The Labute approximate surface area is 131 Å². The topological polar surface area (TPSA) is 12.0 Å². The average molecular weight is 287 g/mol. The van der Waals surface area contributed by atoms with E-state index in [1.54, 1.807) is 5.56 Å². The maximum atomic E-state index is 3.72. The molecule has 1 aliphatic rings. The molecule has 0 spiro atoms. The minimum absolute atomic E-state index is 0.498. The van der Waals surface area contributed by atoms with E-state index in [9.17, 15) is 0 Å². The Kier molecular flexibility index (Phi) is 5.87. The van der Waals surface area contributed by atoms with Gasteiger partial charge in [0.2, 0.25) is 0 Å². The van der Waals surface area contributed by atoms with Crippen molar-refractivity contribution in [2.24, 2.45) is 5.41 Å². The van der Waals surface area contributed by atoms with Gasteiger partial charge in [0.1, 0.15) is 0 Å². The minimum atomic E-state index is 0.498. The molecule has 1 fully saturated rings. The molecule has 1 aliphatic carbocycles. The van der Waals surface area contributed by atoms with Crippen LogP contribution in [0.15, 0.2) is 12.1 Å². The van der Waals surface area contributed by atoms with Crippen LogP contribution in [-0.4, -0.2) is 13.1 Å². The first-order valence-corrected chi connectivity index (χ1v) is 8.84. The maximum Gasteiger partial charge on any atom is 0.00110 e. The molecule has 1 saturated carbocycles. The minimum Gasteiger partial charge on any atom is -0.316 e. The maximum absolute atomic E-state index is 3.72. The van der Waals surface area contributed by atoms with Crippen LogP contribution in [0.2, 0.25) is 0 Å². The fourth-order valence-corrected chi connectivity index (χ4v) is 4.11. The first kappa shape index (κ1) is 16.5. The third kappa shape index (κ3) is 4.32. The van der Waals surface area contributed by atoms with E-state index >= 15 is 0 Å². The lowest BCUT2D eigenvalue weighted by atomic mass is 9.69. The molecule has 1 aromatic carbocycles. The molecule has 0 unspecified atom stereocenters. The van der Waals surface area contributed by atoms with Gasteiger partial charge < -0.3 is 5.32 Å². The molecule has 0 saturated heterocycles. The molecule has 0 aromatic heterocycles. The lowest BCUT2D eigenvalue weighted by molar-refractivity contribution is 0.180. The van der Waals surface area contributed by atoms with E-state index in [0.717, 1.165) is 6.54 Å². The van der Waals surface area contributed by atoms with E-state index in [2.05, 4.69) is 45.1 Å². The summed E-state index contributed by atoms with van der Waals surface area (Å²) in [7, 11) is 0. The van der Waals surface area contributed by atoms with E-state index < -0.39 is 0 Å². The van der Waals surface area contributed by atoms with E-state index in [0.29, 0.717) is 5.41 Å². The van der Waals surface area contributed by atoms with Gasteiger partial charge in [-0.3, -0.25) is 0 Å². The first-order valence-electron chi connectivity index (χ1n) is 8.84. The average Bonchev–Trinajstić information content (AvgIpc) is 2.44. The van der Waals surface area contributed by atoms with Crippen LogP contribution in [0.5, 0.6) is 0 Å². The number of nitrogens with one attached hydrogen (secondary N) is 1. The van der Waals surface area contributed by atoms with Crippen molar-refractivity contribution >= 4 is 0 Å². The summed E-state index contributed by atoms with van der Waals surface area (Å²) in [6, 6.07) is 4.72. The first-order chi connectivity index (χ1) is 10.1. The van der Waals surface area contributed by atoms with Gasteiger partial charge in [0.25, 0.3) is 0 Å². The molecule has 0 aliphatic heterocycles. The standard InChI is InChI=1S/C20H33N/c1-5-11-21-15-20(9-7-6-8-10-20)14-19-17(3)12-16(2)13-18(19)4/h12-13,21H,5-11,14-15H2,1-4H3. The monoisotopic (exact) mass is 287 g/mol. The fraction of sp³-hybridized carbons (Fsp3) is 0.700. The van der Waals surface area contributed by atoms with Crippen LogP contribution in [0.3, 0.4) is 0 Å². The van der Waals surface area contributed by atoms with E-state index in [1.165, 1.54) is 68.2 Å². The molecule has 1 nitrogen and oxygen atoms in total. The van der Waals surface area contributed by atoms with Crippen molar-refractivity contribution in [3.05, 3.63) is 34.4 Å². The Bertz CT molecular complexity index is 432. The van der Waals surface area contributed by atoms with Crippen LogP contribution < -0.4 is 5.32 Å². The third-order valence-electron chi connectivity index (χ3n) is 5.23. The summed E-state index contributed by atoms with van der Waals surface area (Å²) in [6.45, 7) is 11.4. The molecule has 0 heterocycles. The second-order valence-corrected chi connectivity index (χ2v) is 7.29. The van der Waals surface area contributed by atoms with Crippen molar-refractivity contribution in [1.82, 2.24) is 5.32 Å². The molecule has 1 heteroatoms. The lowest BCUT2D eigenvalue weighted by Gasteiger charge is -2.39. The molecule has 0 radical (unpaired) electrons. The van der Waals surface area contributed by atoms with E-state index in [1.807, 2.05) is 0 Å². The Morgan fingerprint density at radius 3 is 2.19 bits per heavy atom. The molecule has 1 aromatic rings. The predicted molar refractivity (Wildman–Crippen MR) is 93.0 cm³/mol. The van der Waals surface area contributed by atoms with Crippen molar-refractivity contribution in [3.8, 4) is 0 Å². The molecule has 0 amide bonds. The van der Waals surface area contributed by atoms with Crippen LogP contribution in [0.25, 0.3) is 0 Å². The Hall–Kier alpha value is -0.820. The number of hydrogen-bond donors (Lipinski definition) is 1. The van der Waals surface area contributed by atoms with Gasteiger partial charge in [0.05, 0.1) is 0 Å². The Balaban J connectivity index is 2.18. The van der Waals surface area contributed by atoms with Gasteiger partial charge >= 0.3 is 0 Å².